The van der Waals surface area contributed by atoms with Gasteiger partial charge in [0, 0.05) is 5.88 Å². The summed E-state index contributed by atoms with van der Waals surface area (Å²) < 4.78 is 0. The smallest absolute Gasteiger partial charge is 0.0693 e. The molecular formula is C7H7Cl4N. The molecule has 0 aliphatic heterocycles. The van der Waals surface area contributed by atoms with Gasteiger partial charge in [-0.15, -0.1) is 24.0 Å². The second-order valence-corrected chi connectivity index (χ2v) is 3.19. The molecule has 0 saturated carbocycles. The summed E-state index contributed by atoms with van der Waals surface area (Å²) in [7, 11) is 0. The molecule has 1 rings (SSSR count). The van der Waals surface area contributed by atoms with Gasteiger partial charge in [0.2, 0.25) is 0 Å². The Hall–Kier alpha value is 0.180. The van der Waals surface area contributed by atoms with Gasteiger partial charge in [0.1, 0.15) is 0 Å². The van der Waals surface area contributed by atoms with Gasteiger partial charge in [-0.3, -0.25) is 0 Å². The molecule has 0 aromatic heterocycles. The van der Waals surface area contributed by atoms with Crippen LogP contribution in [0.3, 0.4) is 0 Å². The van der Waals surface area contributed by atoms with Crippen LogP contribution in [0.4, 0.5) is 5.69 Å². The van der Waals surface area contributed by atoms with Crippen LogP contribution in [0.25, 0.3) is 0 Å². The summed E-state index contributed by atoms with van der Waals surface area (Å²) in [4.78, 5) is 0. The zero-order valence-corrected chi connectivity index (χ0v) is 9.07. The van der Waals surface area contributed by atoms with Crippen molar-refractivity contribution in [3.05, 3.63) is 27.7 Å². The van der Waals surface area contributed by atoms with Crippen molar-refractivity contribution in [1.82, 2.24) is 0 Å². The molecule has 0 radical (unpaired) electrons. The molecule has 0 aliphatic carbocycles. The molecule has 68 valence electrons. The quantitative estimate of drug-likeness (QED) is 0.593. The Morgan fingerprint density at radius 3 is 1.92 bits per heavy atom. The normalized spacial score (nSPS) is 9.25. The van der Waals surface area contributed by atoms with E-state index in [-0.39, 0.29) is 12.4 Å². The molecule has 0 bridgehead atoms. The Balaban J connectivity index is 0.00000121. The molecular weight excluding hydrogens is 240 g/mol. The fourth-order valence-electron chi connectivity index (χ4n) is 0.714. The molecule has 1 aromatic rings. The number of nitrogens with two attached hydrogens (primary N) is 1. The maximum Gasteiger partial charge on any atom is 0.0693 e. The van der Waals surface area contributed by atoms with Crippen LogP contribution in [0.1, 0.15) is 5.56 Å². The van der Waals surface area contributed by atoms with E-state index >= 15 is 0 Å². The number of nitrogen functional groups attached to an aromatic ring is 1. The van der Waals surface area contributed by atoms with Gasteiger partial charge >= 0.3 is 0 Å². The molecule has 0 heterocycles. The highest BCUT2D eigenvalue weighted by Crippen LogP contribution is 2.29. The molecule has 12 heavy (non-hydrogen) atoms. The van der Waals surface area contributed by atoms with Crippen LogP contribution < -0.4 is 5.73 Å². The topological polar surface area (TPSA) is 26.0 Å². The van der Waals surface area contributed by atoms with E-state index in [4.69, 9.17) is 40.5 Å². The van der Waals surface area contributed by atoms with Crippen molar-refractivity contribution in [3.8, 4) is 0 Å². The van der Waals surface area contributed by atoms with Crippen molar-refractivity contribution in [2.75, 3.05) is 5.73 Å². The summed E-state index contributed by atoms with van der Waals surface area (Å²) in [5.74, 6) is 0.389. The van der Waals surface area contributed by atoms with E-state index in [2.05, 4.69) is 0 Å². The van der Waals surface area contributed by atoms with Gasteiger partial charge in [0.05, 0.1) is 15.7 Å². The Morgan fingerprint density at radius 2 is 1.58 bits per heavy atom. The van der Waals surface area contributed by atoms with Crippen LogP contribution in [0.5, 0.6) is 0 Å². The zero-order valence-electron chi connectivity index (χ0n) is 5.98. The minimum absolute atomic E-state index is 0. The zero-order chi connectivity index (χ0) is 8.43. The average molecular weight is 247 g/mol. The number of hydrogen-bond donors (Lipinski definition) is 1. The van der Waals surface area contributed by atoms with Gasteiger partial charge in [0.25, 0.3) is 0 Å². The molecule has 0 spiro atoms. The van der Waals surface area contributed by atoms with Crippen LogP contribution in [0.2, 0.25) is 10.0 Å². The van der Waals surface area contributed by atoms with Crippen LogP contribution >= 0.6 is 47.2 Å². The second kappa shape index (κ2) is 5.03. The van der Waals surface area contributed by atoms with Crippen LogP contribution in [0.15, 0.2) is 12.1 Å². The lowest BCUT2D eigenvalue weighted by Crippen LogP contribution is -1.89. The van der Waals surface area contributed by atoms with Crippen LogP contribution in [-0.2, 0) is 5.88 Å². The molecule has 0 saturated heterocycles. The van der Waals surface area contributed by atoms with E-state index in [1.807, 2.05) is 0 Å². The van der Waals surface area contributed by atoms with E-state index in [1.54, 1.807) is 12.1 Å². The summed E-state index contributed by atoms with van der Waals surface area (Å²) in [6, 6.07) is 3.41. The van der Waals surface area contributed by atoms with Crippen molar-refractivity contribution >= 4 is 52.9 Å². The first kappa shape index (κ1) is 12.2. The summed E-state index contributed by atoms with van der Waals surface area (Å²) in [6.45, 7) is 0. The standard InChI is InChI=1S/C7H6Cl3N.ClH/c8-3-4-1-5(9)7(11)6(10)2-4;/h1-2H,3,11H2;1H. The molecule has 1 aromatic carbocycles. The molecule has 0 fully saturated rings. The average Bonchev–Trinajstić information content (AvgIpc) is 1.99. The maximum absolute atomic E-state index is 5.73. The van der Waals surface area contributed by atoms with E-state index in [1.165, 1.54) is 0 Å². The van der Waals surface area contributed by atoms with Crippen LogP contribution in [0, 0.1) is 0 Å². The fourth-order valence-corrected chi connectivity index (χ4v) is 1.40. The molecule has 5 heteroatoms. The lowest BCUT2D eigenvalue weighted by atomic mass is 10.2. The van der Waals surface area contributed by atoms with Crippen molar-refractivity contribution in [2.45, 2.75) is 5.88 Å². The molecule has 0 unspecified atom stereocenters. The lowest BCUT2D eigenvalue weighted by molar-refractivity contribution is 1.40. The monoisotopic (exact) mass is 245 g/mol. The lowest BCUT2D eigenvalue weighted by Gasteiger charge is -2.02. The predicted molar refractivity (Wildman–Crippen MR) is 57.7 cm³/mol. The largest absolute Gasteiger partial charge is 0.396 e. The molecule has 1 nitrogen and oxygen atoms in total. The predicted octanol–water partition coefficient (Wildman–Crippen LogP) is 3.74. The van der Waals surface area contributed by atoms with Crippen molar-refractivity contribution in [2.24, 2.45) is 0 Å². The number of hydrogen-bond acceptors (Lipinski definition) is 1. The third-order valence-electron chi connectivity index (χ3n) is 1.29. The van der Waals surface area contributed by atoms with E-state index < -0.39 is 0 Å². The summed E-state index contributed by atoms with van der Waals surface area (Å²) in [5.41, 5.74) is 6.77. The van der Waals surface area contributed by atoms with E-state index in [0.717, 1.165) is 5.56 Å². The highest BCUT2D eigenvalue weighted by molar-refractivity contribution is 6.39. The molecule has 0 atom stereocenters. The minimum Gasteiger partial charge on any atom is -0.396 e. The Bertz CT molecular complexity index is 251. The second-order valence-electron chi connectivity index (χ2n) is 2.11. The highest BCUT2D eigenvalue weighted by atomic mass is 35.5. The Morgan fingerprint density at radius 1 is 1.17 bits per heavy atom. The van der Waals surface area contributed by atoms with Gasteiger partial charge in [-0.2, -0.15) is 0 Å². The number of halogens is 4. The number of benzene rings is 1. The first-order chi connectivity index (χ1) is 5.15. The minimum atomic E-state index is 0. The van der Waals surface area contributed by atoms with E-state index in [0.29, 0.717) is 21.6 Å². The summed E-state index contributed by atoms with van der Waals surface area (Å²) in [6.07, 6.45) is 0. The fraction of sp³-hybridized carbons (Fsp3) is 0.143. The van der Waals surface area contributed by atoms with Gasteiger partial charge in [-0.1, -0.05) is 23.2 Å². The number of anilines is 1. The Kier molecular flexibility index (Phi) is 5.10. The molecule has 0 amide bonds. The maximum atomic E-state index is 5.73. The number of alkyl halides is 1. The highest BCUT2D eigenvalue weighted by Gasteiger charge is 2.03. The van der Waals surface area contributed by atoms with E-state index in [9.17, 15) is 0 Å². The van der Waals surface area contributed by atoms with Crippen LogP contribution in [-0.4, -0.2) is 0 Å². The number of rotatable bonds is 1. The van der Waals surface area contributed by atoms with Crippen molar-refractivity contribution < 1.29 is 0 Å². The van der Waals surface area contributed by atoms with Gasteiger partial charge in [0.15, 0.2) is 0 Å². The third kappa shape index (κ3) is 2.60. The van der Waals surface area contributed by atoms with Gasteiger partial charge in [-0.25, -0.2) is 0 Å². The molecule has 2 N–H and O–H groups in total. The van der Waals surface area contributed by atoms with Crippen molar-refractivity contribution in [1.29, 1.82) is 0 Å². The first-order valence-electron chi connectivity index (χ1n) is 2.94. The Labute approximate surface area is 92.2 Å². The summed E-state index contributed by atoms with van der Waals surface area (Å²) in [5, 5.41) is 0.904. The van der Waals surface area contributed by atoms with Crippen molar-refractivity contribution in [3.63, 3.8) is 0 Å². The molecule has 0 aliphatic rings. The SMILES string of the molecule is Cl.Nc1c(Cl)cc(CCl)cc1Cl. The van der Waals surface area contributed by atoms with Gasteiger partial charge in [-0.05, 0) is 17.7 Å². The van der Waals surface area contributed by atoms with Gasteiger partial charge < -0.3 is 5.73 Å². The summed E-state index contributed by atoms with van der Waals surface area (Å²) >= 11 is 17.0. The third-order valence-corrected chi connectivity index (χ3v) is 2.23. The first-order valence-corrected chi connectivity index (χ1v) is 4.23.